The Kier molecular flexibility index (Phi) is 8.71. The van der Waals surface area contributed by atoms with Crippen molar-refractivity contribution >= 4 is 24.8 Å². The zero-order valence-corrected chi connectivity index (χ0v) is 15.3. The molecule has 7 heteroatoms. The van der Waals surface area contributed by atoms with E-state index in [1.54, 1.807) is 0 Å². The lowest BCUT2D eigenvalue weighted by atomic mass is 9.79. The lowest BCUT2D eigenvalue weighted by molar-refractivity contribution is 0.0979. The SMILES string of the molecule is Cl.Cl.Oc1c(F)ccc(F)c1[C@@H](C1CCCCC1)N1CCNCC1. The van der Waals surface area contributed by atoms with Gasteiger partial charge in [-0.15, -0.1) is 24.8 Å². The van der Waals surface area contributed by atoms with Crippen LogP contribution in [0.1, 0.15) is 43.7 Å². The molecule has 2 N–H and O–H groups in total. The molecule has 1 aromatic carbocycles. The third-order valence-corrected chi connectivity index (χ3v) is 5.05. The molecule has 1 aliphatic carbocycles. The van der Waals surface area contributed by atoms with Crippen molar-refractivity contribution in [1.82, 2.24) is 10.2 Å². The Morgan fingerprint density at radius 3 is 2.21 bits per heavy atom. The summed E-state index contributed by atoms with van der Waals surface area (Å²) in [5.41, 5.74) is 0.161. The van der Waals surface area contributed by atoms with Crippen molar-refractivity contribution in [3.05, 3.63) is 29.3 Å². The number of halogens is 4. The molecule has 1 atom stereocenters. The summed E-state index contributed by atoms with van der Waals surface area (Å²) in [6.07, 6.45) is 5.51. The molecule has 1 aromatic rings. The van der Waals surface area contributed by atoms with Crippen molar-refractivity contribution < 1.29 is 13.9 Å². The summed E-state index contributed by atoms with van der Waals surface area (Å²) < 4.78 is 28.2. The molecule has 24 heavy (non-hydrogen) atoms. The summed E-state index contributed by atoms with van der Waals surface area (Å²) in [4.78, 5) is 2.21. The van der Waals surface area contributed by atoms with Crippen molar-refractivity contribution in [3.63, 3.8) is 0 Å². The first kappa shape index (κ1) is 21.4. The van der Waals surface area contributed by atoms with E-state index in [0.29, 0.717) is 0 Å². The number of rotatable bonds is 3. The molecule has 2 fully saturated rings. The van der Waals surface area contributed by atoms with Gasteiger partial charge in [0, 0.05) is 32.2 Å². The molecule has 138 valence electrons. The van der Waals surface area contributed by atoms with Crippen molar-refractivity contribution in [3.8, 4) is 5.75 Å². The standard InChI is InChI=1S/C17H24F2N2O.2ClH/c18-13-6-7-14(19)17(22)15(13)16(12-4-2-1-3-5-12)21-10-8-20-9-11-21;;/h6-7,12,16,20,22H,1-5,8-11H2;2*1H/t16-;;/m1../s1. The van der Waals surface area contributed by atoms with Gasteiger partial charge in [-0.2, -0.15) is 0 Å². The van der Waals surface area contributed by atoms with Gasteiger partial charge in [-0.05, 0) is 30.9 Å². The molecular formula is C17H26Cl2F2N2O. The van der Waals surface area contributed by atoms with Crippen LogP contribution >= 0.6 is 24.8 Å². The van der Waals surface area contributed by atoms with Gasteiger partial charge in [-0.1, -0.05) is 19.3 Å². The van der Waals surface area contributed by atoms with Crippen LogP contribution in [0.5, 0.6) is 5.75 Å². The number of benzene rings is 1. The molecule has 1 heterocycles. The molecule has 1 aliphatic heterocycles. The second kappa shape index (κ2) is 9.76. The van der Waals surface area contributed by atoms with Gasteiger partial charge in [0.2, 0.25) is 0 Å². The Hall–Kier alpha value is -0.620. The number of hydrogen-bond donors (Lipinski definition) is 2. The normalized spacial score (nSPS) is 20.8. The lowest BCUT2D eigenvalue weighted by Crippen LogP contribution is -2.47. The van der Waals surface area contributed by atoms with Crippen molar-refractivity contribution in [2.45, 2.75) is 38.1 Å². The number of nitrogens with one attached hydrogen (secondary N) is 1. The molecule has 0 unspecified atom stereocenters. The van der Waals surface area contributed by atoms with Gasteiger partial charge < -0.3 is 10.4 Å². The van der Waals surface area contributed by atoms with Crippen molar-refractivity contribution in [1.29, 1.82) is 0 Å². The third-order valence-electron chi connectivity index (χ3n) is 5.05. The first-order valence-corrected chi connectivity index (χ1v) is 8.30. The number of phenolic OH excluding ortho intramolecular Hbond substituents is 1. The van der Waals surface area contributed by atoms with Crippen LogP contribution in [0.2, 0.25) is 0 Å². The van der Waals surface area contributed by atoms with E-state index in [9.17, 15) is 13.9 Å². The van der Waals surface area contributed by atoms with E-state index in [-0.39, 0.29) is 42.3 Å². The van der Waals surface area contributed by atoms with Gasteiger partial charge >= 0.3 is 0 Å². The highest BCUT2D eigenvalue weighted by atomic mass is 35.5. The molecule has 1 saturated carbocycles. The zero-order valence-electron chi connectivity index (χ0n) is 13.6. The average Bonchev–Trinajstić information content (AvgIpc) is 2.57. The molecule has 1 saturated heterocycles. The zero-order chi connectivity index (χ0) is 15.5. The fraction of sp³-hybridized carbons (Fsp3) is 0.647. The number of hydrogen-bond acceptors (Lipinski definition) is 3. The maximum Gasteiger partial charge on any atom is 0.165 e. The summed E-state index contributed by atoms with van der Waals surface area (Å²) in [6, 6.07) is 1.92. The van der Waals surface area contributed by atoms with Crippen LogP contribution in [0.15, 0.2) is 12.1 Å². The highest BCUT2D eigenvalue weighted by molar-refractivity contribution is 5.85. The Morgan fingerprint density at radius 2 is 1.58 bits per heavy atom. The van der Waals surface area contributed by atoms with Gasteiger partial charge in [0.15, 0.2) is 11.6 Å². The second-order valence-corrected chi connectivity index (χ2v) is 6.42. The molecule has 0 spiro atoms. The minimum absolute atomic E-state index is 0. The van der Waals surface area contributed by atoms with Crippen LogP contribution < -0.4 is 5.32 Å². The highest BCUT2D eigenvalue weighted by Gasteiger charge is 2.35. The van der Waals surface area contributed by atoms with E-state index in [0.717, 1.165) is 64.0 Å². The Balaban J connectivity index is 0.00000144. The number of phenols is 1. The van der Waals surface area contributed by atoms with Crippen molar-refractivity contribution in [2.75, 3.05) is 26.2 Å². The van der Waals surface area contributed by atoms with Gasteiger partial charge in [-0.3, -0.25) is 4.90 Å². The Morgan fingerprint density at radius 1 is 1.00 bits per heavy atom. The quantitative estimate of drug-likeness (QED) is 0.827. The number of nitrogens with zero attached hydrogens (tertiary/aromatic N) is 1. The smallest absolute Gasteiger partial charge is 0.165 e. The van der Waals surface area contributed by atoms with Crippen LogP contribution in [0.4, 0.5) is 8.78 Å². The predicted octanol–water partition coefficient (Wildman–Crippen LogP) is 4.04. The summed E-state index contributed by atoms with van der Waals surface area (Å²) >= 11 is 0. The van der Waals surface area contributed by atoms with E-state index < -0.39 is 17.4 Å². The highest BCUT2D eigenvalue weighted by Crippen LogP contribution is 2.43. The maximum atomic E-state index is 14.4. The molecular weight excluding hydrogens is 357 g/mol. The van der Waals surface area contributed by atoms with Crippen molar-refractivity contribution in [2.24, 2.45) is 5.92 Å². The van der Waals surface area contributed by atoms with Crippen LogP contribution in [0.3, 0.4) is 0 Å². The summed E-state index contributed by atoms with van der Waals surface area (Å²) in [5.74, 6) is -1.44. The fourth-order valence-corrected chi connectivity index (χ4v) is 3.96. The first-order valence-electron chi connectivity index (χ1n) is 8.30. The number of piperazine rings is 1. The van der Waals surface area contributed by atoms with E-state index >= 15 is 0 Å². The number of aromatic hydroxyl groups is 1. The third kappa shape index (κ3) is 4.51. The van der Waals surface area contributed by atoms with Crippen LogP contribution in [0.25, 0.3) is 0 Å². The first-order chi connectivity index (χ1) is 10.7. The maximum absolute atomic E-state index is 14.4. The summed E-state index contributed by atoms with van der Waals surface area (Å²) in [7, 11) is 0. The Labute approximate surface area is 154 Å². The van der Waals surface area contributed by atoms with Crippen LogP contribution in [-0.4, -0.2) is 36.2 Å². The Bertz CT molecular complexity index is 504. The fourth-order valence-electron chi connectivity index (χ4n) is 3.96. The second-order valence-electron chi connectivity index (χ2n) is 6.42. The molecule has 0 amide bonds. The molecule has 3 nitrogen and oxygen atoms in total. The predicted molar refractivity (Wildman–Crippen MR) is 96.3 cm³/mol. The molecule has 0 aromatic heterocycles. The monoisotopic (exact) mass is 382 g/mol. The van der Waals surface area contributed by atoms with Gasteiger partial charge in [0.25, 0.3) is 0 Å². The lowest BCUT2D eigenvalue weighted by Gasteiger charge is -2.41. The van der Waals surface area contributed by atoms with E-state index in [2.05, 4.69) is 10.2 Å². The molecule has 0 bridgehead atoms. The topological polar surface area (TPSA) is 35.5 Å². The average molecular weight is 383 g/mol. The largest absolute Gasteiger partial charge is 0.505 e. The van der Waals surface area contributed by atoms with Crippen LogP contribution in [0, 0.1) is 17.6 Å². The summed E-state index contributed by atoms with van der Waals surface area (Å²) in [5, 5.41) is 13.4. The van der Waals surface area contributed by atoms with E-state index in [1.165, 1.54) is 6.42 Å². The van der Waals surface area contributed by atoms with E-state index in [1.807, 2.05) is 0 Å². The minimum Gasteiger partial charge on any atom is -0.505 e. The molecule has 2 aliphatic rings. The van der Waals surface area contributed by atoms with E-state index in [4.69, 9.17) is 0 Å². The van der Waals surface area contributed by atoms with Gasteiger partial charge in [0.05, 0.1) is 5.56 Å². The molecule has 0 radical (unpaired) electrons. The van der Waals surface area contributed by atoms with Gasteiger partial charge in [-0.25, -0.2) is 8.78 Å². The van der Waals surface area contributed by atoms with Gasteiger partial charge in [0.1, 0.15) is 5.82 Å². The minimum atomic E-state index is -0.729. The van der Waals surface area contributed by atoms with Crippen LogP contribution in [-0.2, 0) is 0 Å². The molecule has 3 rings (SSSR count). The summed E-state index contributed by atoms with van der Waals surface area (Å²) in [6.45, 7) is 3.30.